The number of aromatic amines is 1. The van der Waals surface area contributed by atoms with Crippen molar-refractivity contribution < 1.29 is 9.18 Å². The Morgan fingerprint density at radius 1 is 1.08 bits per heavy atom. The Balaban J connectivity index is 1.36. The lowest BCUT2D eigenvalue weighted by Crippen LogP contribution is -2.43. The summed E-state index contributed by atoms with van der Waals surface area (Å²) in [5.41, 5.74) is 4.08. The predicted molar refractivity (Wildman–Crippen MR) is 144 cm³/mol. The van der Waals surface area contributed by atoms with Crippen molar-refractivity contribution in [2.45, 2.75) is 70.4 Å². The standard InChI is InChI=1S/C29H35FN6O/c1-18-33-27-25(30)14-19(15-26(27)36(18)22-7-5-3-4-6-8-22)24-17-32-28-23(24)13-20(16-31-28)29(37)34-21-9-11-35(2)12-10-21/h13-17,21-22H,3-12H2,1-2H3,(H,31,32)(H,34,37). The molecule has 2 fully saturated rings. The lowest BCUT2D eigenvalue weighted by molar-refractivity contribution is 0.0916. The second-order valence-electron chi connectivity index (χ2n) is 10.9. The summed E-state index contributed by atoms with van der Waals surface area (Å²) < 4.78 is 17.7. The molecule has 7 nitrogen and oxygen atoms in total. The van der Waals surface area contributed by atoms with Crippen LogP contribution in [0.2, 0.25) is 0 Å². The van der Waals surface area contributed by atoms with Gasteiger partial charge in [0, 0.05) is 35.4 Å². The number of H-pyrrole nitrogens is 1. The number of hydrogen-bond acceptors (Lipinski definition) is 4. The number of fused-ring (bicyclic) bond motifs is 2. The molecule has 3 aromatic heterocycles. The molecule has 6 rings (SSSR count). The molecule has 0 unspecified atom stereocenters. The van der Waals surface area contributed by atoms with E-state index in [-0.39, 0.29) is 17.8 Å². The predicted octanol–water partition coefficient (Wildman–Crippen LogP) is 5.75. The molecule has 1 aliphatic carbocycles. The van der Waals surface area contributed by atoms with Crippen LogP contribution < -0.4 is 5.32 Å². The number of rotatable bonds is 4. The molecule has 8 heteroatoms. The van der Waals surface area contributed by atoms with Crippen LogP contribution in [0, 0.1) is 12.7 Å². The van der Waals surface area contributed by atoms with E-state index in [0.29, 0.717) is 22.8 Å². The van der Waals surface area contributed by atoms with Gasteiger partial charge in [-0.3, -0.25) is 4.79 Å². The van der Waals surface area contributed by atoms with Crippen LogP contribution in [0.5, 0.6) is 0 Å². The monoisotopic (exact) mass is 502 g/mol. The molecule has 194 valence electrons. The maximum absolute atomic E-state index is 15.4. The fourth-order valence-electron chi connectivity index (χ4n) is 6.19. The highest BCUT2D eigenvalue weighted by Gasteiger charge is 2.23. The highest BCUT2D eigenvalue weighted by molar-refractivity contribution is 6.02. The number of benzene rings is 1. The lowest BCUT2D eigenvalue weighted by Gasteiger charge is -2.29. The summed E-state index contributed by atoms with van der Waals surface area (Å²) in [5.74, 6) is 0.438. The van der Waals surface area contributed by atoms with Crippen LogP contribution in [0.25, 0.3) is 33.2 Å². The summed E-state index contributed by atoms with van der Waals surface area (Å²) in [6, 6.07) is 6.00. The molecule has 0 spiro atoms. The van der Waals surface area contributed by atoms with Gasteiger partial charge in [-0.2, -0.15) is 0 Å². The summed E-state index contributed by atoms with van der Waals surface area (Å²) in [6.45, 7) is 3.94. The number of halogens is 1. The number of aromatic nitrogens is 4. The fraction of sp³-hybridized carbons (Fsp3) is 0.483. The van der Waals surface area contributed by atoms with Gasteiger partial charge >= 0.3 is 0 Å². The Hall–Kier alpha value is -3.26. The molecule has 4 heterocycles. The van der Waals surface area contributed by atoms with Gasteiger partial charge in [-0.05, 0) is 76.5 Å². The molecule has 2 aliphatic rings. The van der Waals surface area contributed by atoms with Crippen LogP contribution in [-0.2, 0) is 0 Å². The Labute approximate surface area is 216 Å². The number of carbonyl (C=O) groups is 1. The van der Waals surface area contributed by atoms with Gasteiger partial charge in [0.1, 0.15) is 17.0 Å². The van der Waals surface area contributed by atoms with E-state index in [4.69, 9.17) is 0 Å². The minimum atomic E-state index is -0.318. The molecule has 0 bridgehead atoms. The summed E-state index contributed by atoms with van der Waals surface area (Å²) >= 11 is 0. The van der Waals surface area contributed by atoms with Crippen LogP contribution in [0.1, 0.15) is 73.6 Å². The minimum Gasteiger partial charge on any atom is -0.349 e. The van der Waals surface area contributed by atoms with Crippen molar-refractivity contribution in [1.29, 1.82) is 0 Å². The average molecular weight is 503 g/mol. The fourth-order valence-corrected chi connectivity index (χ4v) is 6.19. The second kappa shape index (κ2) is 9.89. The molecule has 0 atom stereocenters. The Morgan fingerprint density at radius 3 is 2.59 bits per heavy atom. The van der Waals surface area contributed by atoms with Gasteiger partial charge in [0.05, 0.1) is 11.1 Å². The number of carbonyl (C=O) groups excluding carboxylic acids is 1. The van der Waals surface area contributed by atoms with Crippen molar-refractivity contribution in [3.8, 4) is 11.1 Å². The summed E-state index contributed by atoms with van der Waals surface area (Å²) in [5, 5.41) is 3.98. The first-order chi connectivity index (χ1) is 18.0. The second-order valence-corrected chi connectivity index (χ2v) is 10.9. The van der Waals surface area contributed by atoms with Crippen LogP contribution >= 0.6 is 0 Å². The molecule has 0 radical (unpaired) electrons. The number of likely N-dealkylation sites (tertiary alicyclic amines) is 1. The third-order valence-electron chi connectivity index (χ3n) is 8.27. The molecule has 1 aromatic carbocycles. The largest absolute Gasteiger partial charge is 0.349 e. The quantitative estimate of drug-likeness (QED) is 0.349. The van der Waals surface area contributed by atoms with Gasteiger partial charge in [0.25, 0.3) is 5.91 Å². The van der Waals surface area contributed by atoms with E-state index in [1.54, 1.807) is 12.3 Å². The van der Waals surface area contributed by atoms with E-state index in [1.165, 1.54) is 25.7 Å². The van der Waals surface area contributed by atoms with Crippen LogP contribution in [0.3, 0.4) is 0 Å². The number of aryl methyl sites for hydroxylation is 1. The van der Waals surface area contributed by atoms with Gasteiger partial charge in [-0.15, -0.1) is 0 Å². The Morgan fingerprint density at radius 2 is 1.84 bits per heavy atom. The Kier molecular flexibility index (Phi) is 6.44. The zero-order valence-corrected chi connectivity index (χ0v) is 21.7. The van der Waals surface area contributed by atoms with Gasteiger partial charge in [0.2, 0.25) is 0 Å². The van der Waals surface area contributed by atoms with Crippen LogP contribution in [0.15, 0.2) is 30.6 Å². The molecule has 2 N–H and O–H groups in total. The summed E-state index contributed by atoms with van der Waals surface area (Å²) in [4.78, 5) is 27.6. The summed E-state index contributed by atoms with van der Waals surface area (Å²) in [6.07, 6.45) is 12.5. The van der Waals surface area contributed by atoms with Crippen molar-refractivity contribution >= 4 is 28.0 Å². The van der Waals surface area contributed by atoms with Crippen molar-refractivity contribution in [2.75, 3.05) is 20.1 Å². The van der Waals surface area contributed by atoms with Gasteiger partial charge in [0.15, 0.2) is 5.82 Å². The topological polar surface area (TPSA) is 78.8 Å². The van der Waals surface area contributed by atoms with Gasteiger partial charge < -0.3 is 19.8 Å². The van der Waals surface area contributed by atoms with Crippen molar-refractivity contribution in [1.82, 2.24) is 29.7 Å². The highest BCUT2D eigenvalue weighted by Crippen LogP contribution is 2.36. The number of amides is 1. The number of nitrogens with zero attached hydrogens (tertiary/aromatic N) is 4. The van der Waals surface area contributed by atoms with Gasteiger partial charge in [-0.25, -0.2) is 14.4 Å². The molecule has 37 heavy (non-hydrogen) atoms. The normalized spacial score (nSPS) is 18.5. The number of nitrogens with one attached hydrogen (secondary N) is 2. The van der Waals surface area contributed by atoms with E-state index >= 15 is 4.39 Å². The third-order valence-corrected chi connectivity index (χ3v) is 8.27. The van der Waals surface area contributed by atoms with E-state index in [9.17, 15) is 4.79 Å². The third kappa shape index (κ3) is 4.63. The van der Waals surface area contributed by atoms with Crippen molar-refractivity contribution in [3.05, 3.63) is 47.8 Å². The smallest absolute Gasteiger partial charge is 0.253 e. The highest BCUT2D eigenvalue weighted by atomic mass is 19.1. The van der Waals surface area contributed by atoms with E-state index < -0.39 is 0 Å². The number of imidazole rings is 1. The first-order valence-corrected chi connectivity index (χ1v) is 13.6. The van der Waals surface area contributed by atoms with E-state index in [1.807, 2.05) is 19.2 Å². The zero-order valence-electron chi connectivity index (χ0n) is 21.7. The molecule has 1 saturated heterocycles. The van der Waals surface area contributed by atoms with E-state index in [2.05, 4.69) is 42.8 Å². The number of hydrogen-bond donors (Lipinski definition) is 2. The SMILES string of the molecule is Cc1nc2c(F)cc(-c3c[nH]c4ncc(C(=O)NC5CCN(C)CC5)cc34)cc2n1C1CCCCCC1. The number of piperidine rings is 1. The van der Waals surface area contributed by atoms with Crippen LogP contribution in [0.4, 0.5) is 4.39 Å². The first kappa shape index (κ1) is 24.1. The van der Waals surface area contributed by atoms with Crippen molar-refractivity contribution in [2.24, 2.45) is 0 Å². The minimum absolute atomic E-state index is 0.111. The maximum Gasteiger partial charge on any atom is 0.253 e. The van der Waals surface area contributed by atoms with Crippen LogP contribution in [-0.4, -0.2) is 56.5 Å². The average Bonchev–Trinajstić information content (AvgIpc) is 3.35. The zero-order chi connectivity index (χ0) is 25.5. The first-order valence-electron chi connectivity index (χ1n) is 13.6. The van der Waals surface area contributed by atoms with Gasteiger partial charge in [-0.1, -0.05) is 25.7 Å². The molecular formula is C29H35FN6O. The summed E-state index contributed by atoms with van der Waals surface area (Å²) in [7, 11) is 2.11. The molecule has 1 aliphatic heterocycles. The molecule has 1 amide bonds. The molecule has 4 aromatic rings. The molecular weight excluding hydrogens is 467 g/mol. The van der Waals surface area contributed by atoms with E-state index in [0.717, 1.165) is 66.6 Å². The molecule has 1 saturated carbocycles. The maximum atomic E-state index is 15.4. The number of pyridine rings is 1. The lowest BCUT2D eigenvalue weighted by atomic mass is 10.0. The Bertz CT molecular complexity index is 1440. The van der Waals surface area contributed by atoms with Crippen molar-refractivity contribution in [3.63, 3.8) is 0 Å².